The number of fused-ring (bicyclic) bond motifs is 1. The Morgan fingerprint density at radius 2 is 2.00 bits per heavy atom. The van der Waals surface area contributed by atoms with Crippen LogP contribution in [0, 0.1) is 5.82 Å². The van der Waals surface area contributed by atoms with Gasteiger partial charge < -0.3 is 14.8 Å². The molecule has 0 saturated carbocycles. The zero-order chi connectivity index (χ0) is 18.5. The Morgan fingerprint density at radius 1 is 1.15 bits per heavy atom. The van der Waals surface area contributed by atoms with E-state index in [2.05, 4.69) is 15.3 Å². The highest BCUT2D eigenvalue weighted by Crippen LogP contribution is 2.35. The van der Waals surface area contributed by atoms with Crippen molar-refractivity contribution in [1.82, 2.24) is 9.97 Å². The monoisotopic (exact) mass is 395 g/mol. The summed E-state index contributed by atoms with van der Waals surface area (Å²) in [6.45, 7) is 0.470. The van der Waals surface area contributed by atoms with Gasteiger partial charge >= 0.3 is 0 Å². The fraction of sp³-hybridized carbons (Fsp3) is 0.222. The Kier molecular flexibility index (Phi) is 5.96. The van der Waals surface area contributed by atoms with Gasteiger partial charge in [-0.25, -0.2) is 14.4 Å². The number of ether oxygens (including phenoxy) is 2. The minimum Gasteiger partial charge on any atom is -0.493 e. The van der Waals surface area contributed by atoms with Gasteiger partial charge in [-0.15, -0.1) is 11.6 Å². The molecular formula is C18H16Cl2FN3O2. The predicted octanol–water partition coefficient (Wildman–Crippen LogP) is 5.18. The highest BCUT2D eigenvalue weighted by atomic mass is 35.5. The van der Waals surface area contributed by atoms with Crippen LogP contribution in [0.1, 0.15) is 6.42 Å². The normalized spacial score (nSPS) is 10.8. The van der Waals surface area contributed by atoms with E-state index in [0.29, 0.717) is 45.7 Å². The second-order valence-electron chi connectivity index (χ2n) is 5.38. The zero-order valence-electron chi connectivity index (χ0n) is 13.9. The van der Waals surface area contributed by atoms with Crippen molar-refractivity contribution < 1.29 is 13.9 Å². The van der Waals surface area contributed by atoms with Crippen LogP contribution >= 0.6 is 23.2 Å². The highest BCUT2D eigenvalue weighted by molar-refractivity contribution is 6.30. The molecule has 8 heteroatoms. The molecule has 0 aliphatic carbocycles. The Balaban J connectivity index is 1.98. The van der Waals surface area contributed by atoms with E-state index >= 15 is 0 Å². The number of benzene rings is 2. The van der Waals surface area contributed by atoms with Gasteiger partial charge in [0, 0.05) is 22.4 Å². The number of rotatable bonds is 7. The topological polar surface area (TPSA) is 56.3 Å². The molecule has 0 bridgehead atoms. The molecule has 1 aromatic heterocycles. The molecular weight excluding hydrogens is 380 g/mol. The Labute approximate surface area is 160 Å². The van der Waals surface area contributed by atoms with Gasteiger partial charge in [-0.05, 0) is 30.7 Å². The van der Waals surface area contributed by atoms with E-state index in [4.69, 9.17) is 32.7 Å². The first-order chi connectivity index (χ1) is 12.6. The SMILES string of the molecule is COc1cc2c(Nc3ccc(Cl)cc3F)ncnc2cc1OCCCCl. The van der Waals surface area contributed by atoms with Crippen LogP contribution in [0.5, 0.6) is 11.5 Å². The van der Waals surface area contributed by atoms with Gasteiger partial charge in [0.1, 0.15) is 18.0 Å². The van der Waals surface area contributed by atoms with Crippen molar-refractivity contribution in [2.45, 2.75) is 6.42 Å². The lowest BCUT2D eigenvalue weighted by atomic mass is 10.2. The number of methoxy groups -OCH3 is 1. The van der Waals surface area contributed by atoms with Gasteiger partial charge in [-0.2, -0.15) is 0 Å². The number of hydrogen-bond donors (Lipinski definition) is 1. The fourth-order valence-corrected chi connectivity index (χ4v) is 2.66. The van der Waals surface area contributed by atoms with Gasteiger partial charge in [0.2, 0.25) is 0 Å². The number of alkyl halides is 1. The third-order valence-electron chi connectivity index (χ3n) is 3.64. The van der Waals surface area contributed by atoms with E-state index in [1.165, 1.54) is 12.4 Å². The molecule has 0 aliphatic rings. The quantitative estimate of drug-likeness (QED) is 0.441. The summed E-state index contributed by atoms with van der Waals surface area (Å²) in [6.07, 6.45) is 2.11. The fourth-order valence-electron chi connectivity index (χ4n) is 2.39. The summed E-state index contributed by atoms with van der Waals surface area (Å²) in [6, 6.07) is 7.89. The van der Waals surface area contributed by atoms with Crippen LogP contribution < -0.4 is 14.8 Å². The highest BCUT2D eigenvalue weighted by Gasteiger charge is 2.13. The standard InChI is InChI=1S/C18H16Cl2FN3O2/c1-25-16-8-12-15(9-17(16)26-6-2-5-19)22-10-23-18(12)24-14-4-3-11(20)7-13(14)21/h3-4,7-10H,2,5-6H2,1H3,(H,22,23,24). The summed E-state index contributed by atoms with van der Waals surface area (Å²) in [7, 11) is 1.55. The van der Waals surface area contributed by atoms with Gasteiger partial charge in [0.05, 0.1) is 24.9 Å². The van der Waals surface area contributed by atoms with Crippen LogP contribution in [0.25, 0.3) is 10.9 Å². The molecule has 26 heavy (non-hydrogen) atoms. The van der Waals surface area contributed by atoms with Crippen LogP contribution in [0.4, 0.5) is 15.9 Å². The summed E-state index contributed by atoms with van der Waals surface area (Å²) in [5.41, 5.74) is 0.898. The summed E-state index contributed by atoms with van der Waals surface area (Å²) in [5.74, 6) is 1.58. The first-order valence-corrected chi connectivity index (χ1v) is 8.77. The van der Waals surface area contributed by atoms with Crippen LogP contribution in [-0.2, 0) is 0 Å². The van der Waals surface area contributed by atoms with Crippen molar-refractivity contribution in [3.05, 3.63) is 47.5 Å². The molecule has 5 nitrogen and oxygen atoms in total. The predicted molar refractivity (Wildman–Crippen MR) is 102 cm³/mol. The third kappa shape index (κ3) is 4.08. The molecule has 0 aliphatic heterocycles. The molecule has 0 fully saturated rings. The van der Waals surface area contributed by atoms with Crippen LogP contribution in [0.15, 0.2) is 36.7 Å². The van der Waals surface area contributed by atoms with E-state index < -0.39 is 5.82 Å². The summed E-state index contributed by atoms with van der Waals surface area (Å²) in [5, 5.41) is 3.96. The van der Waals surface area contributed by atoms with Crippen molar-refractivity contribution >= 4 is 45.6 Å². The van der Waals surface area contributed by atoms with Gasteiger partial charge in [-0.1, -0.05) is 11.6 Å². The average molecular weight is 396 g/mol. The Bertz CT molecular complexity index is 924. The zero-order valence-corrected chi connectivity index (χ0v) is 15.4. The first-order valence-electron chi connectivity index (χ1n) is 7.86. The van der Waals surface area contributed by atoms with Crippen molar-refractivity contribution in [3.63, 3.8) is 0 Å². The van der Waals surface area contributed by atoms with Crippen molar-refractivity contribution in [2.75, 3.05) is 24.9 Å². The maximum absolute atomic E-state index is 14.1. The summed E-state index contributed by atoms with van der Waals surface area (Å²) < 4.78 is 25.2. The van der Waals surface area contributed by atoms with Crippen LogP contribution in [0.2, 0.25) is 5.02 Å². The maximum Gasteiger partial charge on any atom is 0.163 e. The number of anilines is 2. The van der Waals surface area contributed by atoms with E-state index in [-0.39, 0.29) is 5.69 Å². The first kappa shape index (κ1) is 18.5. The lowest BCUT2D eigenvalue weighted by Crippen LogP contribution is -2.02. The maximum atomic E-state index is 14.1. The number of hydrogen-bond acceptors (Lipinski definition) is 5. The largest absolute Gasteiger partial charge is 0.493 e. The Morgan fingerprint density at radius 3 is 2.73 bits per heavy atom. The molecule has 136 valence electrons. The van der Waals surface area contributed by atoms with E-state index in [0.717, 1.165) is 6.42 Å². The van der Waals surface area contributed by atoms with Gasteiger partial charge in [0.25, 0.3) is 0 Å². The molecule has 0 spiro atoms. The minimum absolute atomic E-state index is 0.260. The Hall–Kier alpha value is -2.31. The molecule has 0 radical (unpaired) electrons. The molecule has 2 aromatic carbocycles. The van der Waals surface area contributed by atoms with E-state index in [1.54, 1.807) is 31.4 Å². The second-order valence-corrected chi connectivity index (χ2v) is 6.20. The van der Waals surface area contributed by atoms with Crippen molar-refractivity contribution in [1.29, 1.82) is 0 Å². The third-order valence-corrected chi connectivity index (χ3v) is 4.14. The molecule has 3 aromatic rings. The lowest BCUT2D eigenvalue weighted by molar-refractivity contribution is 0.295. The minimum atomic E-state index is -0.475. The number of halogens is 3. The lowest BCUT2D eigenvalue weighted by Gasteiger charge is -2.14. The summed E-state index contributed by atoms with van der Waals surface area (Å²) >= 11 is 11.5. The molecule has 0 amide bonds. The number of nitrogens with one attached hydrogen (secondary N) is 1. The smallest absolute Gasteiger partial charge is 0.163 e. The average Bonchev–Trinajstić information content (AvgIpc) is 2.64. The molecule has 0 saturated heterocycles. The van der Waals surface area contributed by atoms with E-state index in [1.807, 2.05) is 0 Å². The van der Waals surface area contributed by atoms with E-state index in [9.17, 15) is 4.39 Å². The molecule has 1 N–H and O–H groups in total. The van der Waals surface area contributed by atoms with Gasteiger partial charge in [-0.3, -0.25) is 0 Å². The molecule has 0 unspecified atom stereocenters. The van der Waals surface area contributed by atoms with Gasteiger partial charge in [0.15, 0.2) is 11.5 Å². The van der Waals surface area contributed by atoms with Crippen LogP contribution in [-0.4, -0.2) is 29.6 Å². The van der Waals surface area contributed by atoms with Crippen molar-refractivity contribution in [3.8, 4) is 11.5 Å². The second kappa shape index (κ2) is 8.38. The molecule has 3 rings (SSSR count). The van der Waals surface area contributed by atoms with Crippen molar-refractivity contribution in [2.24, 2.45) is 0 Å². The summed E-state index contributed by atoms with van der Waals surface area (Å²) in [4.78, 5) is 8.47. The number of nitrogens with zero attached hydrogens (tertiary/aromatic N) is 2. The van der Waals surface area contributed by atoms with Crippen LogP contribution in [0.3, 0.4) is 0 Å². The number of aromatic nitrogens is 2. The molecule has 1 heterocycles. The molecule has 0 atom stereocenters.